The molecule has 2 N–H and O–H groups in total. The number of nitrogens with two attached hydrogens (primary N) is 1. The van der Waals surface area contributed by atoms with Crippen LogP contribution in [0.25, 0.3) is 0 Å². The summed E-state index contributed by atoms with van der Waals surface area (Å²) in [6.45, 7) is 0. The molecule has 0 heterocycles. The Balaban J connectivity index is 2.40. The van der Waals surface area contributed by atoms with Crippen LogP contribution in [-0.2, 0) is 0 Å². The maximum Gasteiger partial charge on any atom is 0.125 e. The number of halogens is 1. The molecule has 88 valence electrons. The van der Waals surface area contributed by atoms with Crippen LogP contribution in [0.2, 0.25) is 5.02 Å². The van der Waals surface area contributed by atoms with Gasteiger partial charge in [-0.15, -0.1) is 0 Å². The summed E-state index contributed by atoms with van der Waals surface area (Å²) in [5, 5.41) is 0.644. The lowest BCUT2D eigenvalue weighted by Gasteiger charge is -2.16. The maximum atomic E-state index is 6.22. The van der Waals surface area contributed by atoms with Gasteiger partial charge in [0.1, 0.15) is 5.75 Å². The van der Waals surface area contributed by atoms with Gasteiger partial charge < -0.3 is 10.5 Å². The smallest absolute Gasteiger partial charge is 0.125 e. The van der Waals surface area contributed by atoms with Gasteiger partial charge in [0.05, 0.1) is 13.2 Å². The summed E-state index contributed by atoms with van der Waals surface area (Å²) in [6.07, 6.45) is 0. The van der Waals surface area contributed by atoms with Crippen LogP contribution in [0.1, 0.15) is 17.2 Å². The van der Waals surface area contributed by atoms with Crippen LogP contribution in [0.4, 0.5) is 0 Å². The van der Waals surface area contributed by atoms with Gasteiger partial charge in [0, 0.05) is 10.6 Å². The Labute approximate surface area is 106 Å². The van der Waals surface area contributed by atoms with E-state index in [4.69, 9.17) is 22.1 Å². The van der Waals surface area contributed by atoms with E-state index in [0.717, 1.165) is 11.1 Å². The number of hydrogen-bond donors (Lipinski definition) is 1. The number of ether oxygens (including phenoxy) is 1. The lowest BCUT2D eigenvalue weighted by Crippen LogP contribution is -2.12. The van der Waals surface area contributed by atoms with Crippen LogP contribution in [0.15, 0.2) is 48.5 Å². The van der Waals surface area contributed by atoms with Gasteiger partial charge in [-0.25, -0.2) is 0 Å². The molecule has 2 aromatic carbocycles. The molecule has 0 fully saturated rings. The van der Waals surface area contributed by atoms with E-state index in [1.807, 2.05) is 42.5 Å². The molecule has 1 unspecified atom stereocenters. The van der Waals surface area contributed by atoms with Gasteiger partial charge in [-0.2, -0.15) is 0 Å². The molecule has 0 spiro atoms. The molecule has 2 rings (SSSR count). The fourth-order valence-electron chi connectivity index (χ4n) is 1.78. The van der Waals surface area contributed by atoms with Gasteiger partial charge in [-0.05, 0) is 17.7 Å². The highest BCUT2D eigenvalue weighted by molar-refractivity contribution is 6.30. The van der Waals surface area contributed by atoms with E-state index in [-0.39, 0.29) is 6.04 Å². The molecule has 0 aliphatic carbocycles. The second-order valence-corrected chi connectivity index (χ2v) is 4.21. The summed E-state index contributed by atoms with van der Waals surface area (Å²) in [5.41, 5.74) is 8.20. The Morgan fingerprint density at radius 3 is 2.47 bits per heavy atom. The van der Waals surface area contributed by atoms with Crippen LogP contribution in [0.3, 0.4) is 0 Å². The molecule has 2 aromatic rings. The molecule has 0 aromatic heterocycles. The fourth-order valence-corrected chi connectivity index (χ4v) is 1.94. The van der Waals surface area contributed by atoms with Crippen LogP contribution in [-0.4, -0.2) is 7.11 Å². The van der Waals surface area contributed by atoms with E-state index in [1.165, 1.54) is 0 Å². The first kappa shape index (κ1) is 12.0. The molecule has 0 bridgehead atoms. The molecular weight excluding hydrogens is 234 g/mol. The normalized spacial score (nSPS) is 12.2. The molecule has 0 aliphatic heterocycles. The van der Waals surface area contributed by atoms with E-state index in [0.29, 0.717) is 10.8 Å². The number of rotatable bonds is 3. The van der Waals surface area contributed by atoms with E-state index >= 15 is 0 Å². The van der Waals surface area contributed by atoms with Crippen molar-refractivity contribution in [2.45, 2.75) is 6.04 Å². The molecular formula is C14H14ClNO. The van der Waals surface area contributed by atoms with Gasteiger partial charge in [0.15, 0.2) is 0 Å². The van der Waals surface area contributed by atoms with Crippen LogP contribution in [0.5, 0.6) is 5.75 Å². The van der Waals surface area contributed by atoms with Gasteiger partial charge in [0.2, 0.25) is 0 Å². The van der Waals surface area contributed by atoms with E-state index in [9.17, 15) is 0 Å². The van der Waals surface area contributed by atoms with Crippen molar-refractivity contribution in [3.63, 3.8) is 0 Å². The zero-order valence-corrected chi connectivity index (χ0v) is 10.3. The van der Waals surface area contributed by atoms with Crippen LogP contribution >= 0.6 is 11.6 Å². The predicted molar refractivity (Wildman–Crippen MR) is 70.5 cm³/mol. The SMILES string of the molecule is COc1cc(Cl)ccc1C(N)c1ccccc1. The molecule has 2 nitrogen and oxygen atoms in total. The monoisotopic (exact) mass is 247 g/mol. The van der Waals surface area contributed by atoms with Crippen molar-refractivity contribution in [1.29, 1.82) is 0 Å². The molecule has 0 saturated carbocycles. The molecule has 0 aliphatic rings. The third-order valence-electron chi connectivity index (χ3n) is 2.69. The Morgan fingerprint density at radius 2 is 1.82 bits per heavy atom. The summed E-state index contributed by atoms with van der Waals surface area (Å²) >= 11 is 5.93. The number of methoxy groups -OCH3 is 1. The molecule has 17 heavy (non-hydrogen) atoms. The lowest BCUT2D eigenvalue weighted by molar-refractivity contribution is 0.408. The highest BCUT2D eigenvalue weighted by Gasteiger charge is 2.13. The largest absolute Gasteiger partial charge is 0.496 e. The highest BCUT2D eigenvalue weighted by Crippen LogP contribution is 2.30. The Bertz CT molecular complexity index is 499. The number of hydrogen-bond acceptors (Lipinski definition) is 2. The van der Waals surface area contributed by atoms with Crippen molar-refractivity contribution in [3.8, 4) is 5.75 Å². The van der Waals surface area contributed by atoms with Gasteiger partial charge in [-0.1, -0.05) is 48.0 Å². The quantitative estimate of drug-likeness (QED) is 0.902. The zero-order valence-electron chi connectivity index (χ0n) is 9.56. The van der Waals surface area contributed by atoms with E-state index in [2.05, 4.69) is 0 Å². The third kappa shape index (κ3) is 2.60. The van der Waals surface area contributed by atoms with Crippen molar-refractivity contribution in [2.24, 2.45) is 5.73 Å². The first-order valence-corrected chi connectivity index (χ1v) is 5.74. The highest BCUT2D eigenvalue weighted by atomic mass is 35.5. The van der Waals surface area contributed by atoms with Crippen molar-refractivity contribution in [3.05, 3.63) is 64.7 Å². The topological polar surface area (TPSA) is 35.2 Å². The summed E-state index contributed by atoms with van der Waals surface area (Å²) in [6, 6.07) is 15.2. The van der Waals surface area contributed by atoms with Gasteiger partial charge in [0.25, 0.3) is 0 Å². The molecule has 1 atom stereocenters. The summed E-state index contributed by atoms with van der Waals surface area (Å²) in [5.74, 6) is 0.717. The first-order valence-electron chi connectivity index (χ1n) is 5.36. The van der Waals surface area contributed by atoms with Crippen LogP contribution < -0.4 is 10.5 Å². The van der Waals surface area contributed by atoms with Gasteiger partial charge in [-0.3, -0.25) is 0 Å². The lowest BCUT2D eigenvalue weighted by atomic mass is 9.99. The van der Waals surface area contributed by atoms with Crippen molar-refractivity contribution >= 4 is 11.6 Å². The van der Waals surface area contributed by atoms with Gasteiger partial charge >= 0.3 is 0 Å². The Kier molecular flexibility index (Phi) is 3.67. The zero-order chi connectivity index (χ0) is 12.3. The fraction of sp³-hybridized carbons (Fsp3) is 0.143. The third-order valence-corrected chi connectivity index (χ3v) is 2.92. The Morgan fingerprint density at radius 1 is 1.12 bits per heavy atom. The van der Waals surface area contributed by atoms with E-state index in [1.54, 1.807) is 13.2 Å². The average molecular weight is 248 g/mol. The Hall–Kier alpha value is -1.51. The minimum atomic E-state index is -0.205. The van der Waals surface area contributed by atoms with Crippen molar-refractivity contribution in [1.82, 2.24) is 0 Å². The average Bonchev–Trinajstić information content (AvgIpc) is 2.39. The summed E-state index contributed by atoms with van der Waals surface area (Å²) in [4.78, 5) is 0. The standard InChI is InChI=1S/C14H14ClNO/c1-17-13-9-11(15)7-8-12(13)14(16)10-5-3-2-4-6-10/h2-9,14H,16H2,1H3. The summed E-state index contributed by atoms with van der Waals surface area (Å²) < 4.78 is 5.30. The molecule has 0 saturated heterocycles. The van der Waals surface area contributed by atoms with Crippen LogP contribution in [0, 0.1) is 0 Å². The predicted octanol–water partition coefficient (Wildman–Crippen LogP) is 3.40. The van der Waals surface area contributed by atoms with E-state index < -0.39 is 0 Å². The van der Waals surface area contributed by atoms with Crippen molar-refractivity contribution in [2.75, 3.05) is 7.11 Å². The number of benzene rings is 2. The maximum absolute atomic E-state index is 6.22. The van der Waals surface area contributed by atoms with Crippen molar-refractivity contribution < 1.29 is 4.74 Å². The summed E-state index contributed by atoms with van der Waals surface area (Å²) in [7, 11) is 1.62. The minimum absolute atomic E-state index is 0.205. The minimum Gasteiger partial charge on any atom is -0.496 e. The second-order valence-electron chi connectivity index (χ2n) is 3.77. The second kappa shape index (κ2) is 5.21. The molecule has 0 radical (unpaired) electrons. The first-order chi connectivity index (χ1) is 8.22. The molecule has 3 heteroatoms. The molecule has 0 amide bonds.